The van der Waals surface area contributed by atoms with Crippen molar-refractivity contribution in [3.63, 3.8) is 0 Å². The molecule has 2 aromatic heterocycles. The van der Waals surface area contributed by atoms with Crippen LogP contribution in [-0.4, -0.2) is 9.97 Å². The molecule has 0 amide bonds. The minimum Gasteiger partial charge on any atom is -0.445 e. The van der Waals surface area contributed by atoms with Crippen molar-refractivity contribution in [3.05, 3.63) is 32.7 Å². The van der Waals surface area contributed by atoms with Gasteiger partial charge in [0, 0.05) is 29.6 Å². The zero-order valence-electron chi connectivity index (χ0n) is 11.3. The Morgan fingerprint density at radius 1 is 1.40 bits per heavy atom. The maximum atomic E-state index is 6.22. The van der Waals surface area contributed by atoms with Gasteiger partial charge in [-0.1, -0.05) is 13.8 Å². The summed E-state index contributed by atoms with van der Waals surface area (Å²) in [6.45, 7) is 4.44. The zero-order valence-corrected chi connectivity index (χ0v) is 14.5. The van der Waals surface area contributed by atoms with Gasteiger partial charge >= 0.3 is 0 Å². The van der Waals surface area contributed by atoms with Crippen molar-refractivity contribution in [2.45, 2.75) is 32.7 Å². The van der Waals surface area contributed by atoms with Gasteiger partial charge in [-0.2, -0.15) is 0 Å². The largest absolute Gasteiger partial charge is 0.445 e. The van der Waals surface area contributed by atoms with Crippen LogP contribution in [0.15, 0.2) is 25.8 Å². The van der Waals surface area contributed by atoms with Gasteiger partial charge in [-0.15, -0.1) is 0 Å². The molecule has 2 aromatic rings. The molecule has 6 heteroatoms. The fraction of sp³-hybridized carbons (Fsp3) is 0.429. The first-order valence-corrected chi connectivity index (χ1v) is 8.01. The third-order valence-corrected chi connectivity index (χ3v) is 5.29. The molecule has 0 bridgehead atoms. The van der Waals surface area contributed by atoms with E-state index in [-0.39, 0.29) is 11.5 Å². The lowest BCUT2D eigenvalue weighted by Crippen LogP contribution is -2.30. The smallest absolute Gasteiger partial charge is 0.195 e. The number of hydrogen-bond acceptors (Lipinski definition) is 4. The molecule has 1 unspecified atom stereocenters. The van der Waals surface area contributed by atoms with Crippen LogP contribution < -0.4 is 5.73 Å². The van der Waals surface area contributed by atoms with E-state index >= 15 is 0 Å². The minimum atomic E-state index is 0.0119. The molecule has 1 aliphatic rings. The summed E-state index contributed by atoms with van der Waals surface area (Å²) in [6, 6.07) is 1.87. The molecule has 0 aliphatic heterocycles. The Labute approximate surface area is 134 Å². The van der Waals surface area contributed by atoms with Gasteiger partial charge in [-0.3, -0.25) is 0 Å². The molecule has 20 heavy (non-hydrogen) atoms. The van der Waals surface area contributed by atoms with Crippen LogP contribution in [0.1, 0.15) is 37.6 Å². The molecule has 106 valence electrons. The first kappa shape index (κ1) is 14.2. The second-order valence-corrected chi connectivity index (χ2v) is 7.55. The van der Waals surface area contributed by atoms with E-state index in [1.165, 1.54) is 0 Å². The Hall–Kier alpha value is -0.720. The number of furan rings is 1. The number of aromatic nitrogens is 2. The fourth-order valence-electron chi connectivity index (χ4n) is 2.68. The lowest BCUT2D eigenvalue weighted by Gasteiger charge is -2.34. The maximum Gasteiger partial charge on any atom is 0.195 e. The van der Waals surface area contributed by atoms with Crippen LogP contribution in [0.25, 0.3) is 11.6 Å². The molecular weight excluding hydrogens is 386 g/mol. The predicted molar refractivity (Wildman–Crippen MR) is 84.2 cm³/mol. The van der Waals surface area contributed by atoms with Gasteiger partial charge in [-0.05, 0) is 50.1 Å². The molecule has 4 nitrogen and oxygen atoms in total. The van der Waals surface area contributed by atoms with Crippen molar-refractivity contribution in [2.75, 3.05) is 0 Å². The maximum absolute atomic E-state index is 6.22. The minimum absolute atomic E-state index is 0.0119. The zero-order chi connectivity index (χ0) is 14.5. The third-order valence-electron chi connectivity index (χ3n) is 3.58. The van der Waals surface area contributed by atoms with Gasteiger partial charge < -0.3 is 10.2 Å². The average Bonchev–Trinajstić information content (AvgIpc) is 2.67. The summed E-state index contributed by atoms with van der Waals surface area (Å²) in [5.74, 6) is 1.24. The van der Waals surface area contributed by atoms with Crippen LogP contribution >= 0.6 is 31.9 Å². The van der Waals surface area contributed by atoms with E-state index in [1.54, 1.807) is 0 Å². The number of hydrogen-bond donors (Lipinski definition) is 1. The summed E-state index contributed by atoms with van der Waals surface area (Å²) >= 11 is 6.73. The number of fused-ring (bicyclic) bond motifs is 1. The summed E-state index contributed by atoms with van der Waals surface area (Å²) in [5.41, 5.74) is 8.47. The summed E-state index contributed by atoms with van der Waals surface area (Å²) in [5, 5.41) is 0. The van der Waals surface area contributed by atoms with E-state index in [0.717, 1.165) is 28.6 Å². The van der Waals surface area contributed by atoms with Crippen molar-refractivity contribution in [2.24, 2.45) is 11.1 Å². The summed E-state index contributed by atoms with van der Waals surface area (Å²) in [6.07, 6.45) is 3.71. The van der Waals surface area contributed by atoms with Crippen LogP contribution in [0, 0.1) is 5.41 Å². The van der Waals surface area contributed by atoms with Crippen LogP contribution in [0.3, 0.4) is 0 Å². The highest BCUT2D eigenvalue weighted by Gasteiger charge is 2.32. The monoisotopic (exact) mass is 399 g/mol. The van der Waals surface area contributed by atoms with Crippen LogP contribution in [0.4, 0.5) is 0 Å². The molecular formula is C14H15Br2N3O. The molecule has 0 spiro atoms. The van der Waals surface area contributed by atoms with E-state index in [1.807, 2.05) is 12.3 Å². The Kier molecular flexibility index (Phi) is 3.51. The topological polar surface area (TPSA) is 64.9 Å². The molecule has 0 radical (unpaired) electrons. The molecule has 3 rings (SSSR count). The molecule has 2 heterocycles. The lowest BCUT2D eigenvalue weighted by atomic mass is 9.74. The lowest BCUT2D eigenvalue weighted by molar-refractivity contribution is 0.278. The first-order chi connectivity index (χ1) is 9.35. The Morgan fingerprint density at radius 3 is 2.80 bits per heavy atom. The predicted octanol–water partition coefficient (Wildman–Crippen LogP) is 4.23. The van der Waals surface area contributed by atoms with Gasteiger partial charge in [0.15, 0.2) is 16.3 Å². The van der Waals surface area contributed by atoms with Gasteiger partial charge in [0.05, 0.1) is 4.47 Å². The number of rotatable bonds is 1. The molecule has 0 fully saturated rings. The molecule has 0 aromatic carbocycles. The van der Waals surface area contributed by atoms with Gasteiger partial charge in [0.2, 0.25) is 0 Å². The molecule has 0 saturated carbocycles. The average molecular weight is 401 g/mol. The highest BCUT2D eigenvalue weighted by molar-refractivity contribution is 9.13. The van der Waals surface area contributed by atoms with Crippen molar-refractivity contribution >= 4 is 31.9 Å². The highest BCUT2D eigenvalue weighted by atomic mass is 79.9. The summed E-state index contributed by atoms with van der Waals surface area (Å²) < 4.78 is 7.08. The van der Waals surface area contributed by atoms with E-state index < -0.39 is 0 Å². The second kappa shape index (κ2) is 4.93. The van der Waals surface area contributed by atoms with Crippen LogP contribution in [0.5, 0.6) is 0 Å². The van der Waals surface area contributed by atoms with Gasteiger partial charge in [0.1, 0.15) is 0 Å². The first-order valence-electron chi connectivity index (χ1n) is 6.42. The fourth-order valence-corrected chi connectivity index (χ4v) is 3.26. The van der Waals surface area contributed by atoms with Gasteiger partial charge in [0.25, 0.3) is 0 Å². The standard InChI is InChI=1S/C14H15Br2N3O/c1-14(2)4-9(17)7-6-18-13(19-10(7)5-14)11-3-8(15)12(16)20-11/h3,6,9H,4-5,17H2,1-2H3. The molecule has 2 N–H and O–H groups in total. The van der Waals surface area contributed by atoms with Crippen molar-refractivity contribution < 1.29 is 4.42 Å². The second-order valence-electron chi connectivity index (χ2n) is 5.98. The number of halogens is 2. The van der Waals surface area contributed by atoms with E-state index in [9.17, 15) is 0 Å². The van der Waals surface area contributed by atoms with E-state index in [2.05, 4.69) is 55.7 Å². The molecule has 0 saturated heterocycles. The van der Waals surface area contributed by atoms with E-state index in [4.69, 9.17) is 10.2 Å². The molecule has 1 atom stereocenters. The van der Waals surface area contributed by atoms with Crippen molar-refractivity contribution in [3.8, 4) is 11.6 Å². The summed E-state index contributed by atoms with van der Waals surface area (Å²) in [4.78, 5) is 9.05. The number of nitrogens with two attached hydrogens (primary N) is 1. The normalized spacial score (nSPS) is 20.8. The SMILES string of the molecule is CC1(C)Cc2nc(-c3cc(Br)c(Br)o3)ncc2C(N)C1. The number of nitrogens with zero attached hydrogens (tertiary/aromatic N) is 2. The Bertz CT molecular complexity index is 647. The van der Waals surface area contributed by atoms with Crippen LogP contribution in [-0.2, 0) is 6.42 Å². The Balaban J connectivity index is 2.05. The van der Waals surface area contributed by atoms with Crippen molar-refractivity contribution in [1.29, 1.82) is 0 Å². The third kappa shape index (κ3) is 2.56. The van der Waals surface area contributed by atoms with Crippen LogP contribution in [0.2, 0.25) is 0 Å². The quantitative estimate of drug-likeness (QED) is 0.777. The highest BCUT2D eigenvalue weighted by Crippen LogP contribution is 2.39. The Morgan fingerprint density at radius 2 is 2.15 bits per heavy atom. The van der Waals surface area contributed by atoms with E-state index in [0.29, 0.717) is 16.3 Å². The van der Waals surface area contributed by atoms with Crippen molar-refractivity contribution in [1.82, 2.24) is 9.97 Å². The van der Waals surface area contributed by atoms with Gasteiger partial charge in [-0.25, -0.2) is 9.97 Å². The summed E-state index contributed by atoms with van der Waals surface area (Å²) in [7, 11) is 0. The molecule has 1 aliphatic carbocycles.